The van der Waals surface area contributed by atoms with E-state index in [9.17, 15) is 0 Å². The number of benzene rings is 1. The van der Waals surface area contributed by atoms with Gasteiger partial charge in [-0.15, -0.1) is 0 Å². The Kier molecular flexibility index (Phi) is 2.44. The van der Waals surface area contributed by atoms with Gasteiger partial charge in [-0.3, -0.25) is 0 Å². The smallest absolute Gasteiger partial charge is 0.134 e. The van der Waals surface area contributed by atoms with E-state index in [1.807, 2.05) is 0 Å². The summed E-state index contributed by atoms with van der Waals surface area (Å²) in [5, 5.41) is 4.27. The lowest BCUT2D eigenvalue weighted by Gasteiger charge is -2.46. The van der Waals surface area contributed by atoms with Crippen LogP contribution in [0, 0.1) is 5.92 Å². The Morgan fingerprint density at radius 1 is 1.05 bits per heavy atom. The molecule has 0 aromatic heterocycles. The molecule has 4 saturated heterocycles. The molecule has 100 valence electrons. The van der Waals surface area contributed by atoms with E-state index in [2.05, 4.69) is 35.4 Å². The molecule has 19 heavy (non-hydrogen) atoms. The van der Waals surface area contributed by atoms with Gasteiger partial charge in [-0.05, 0) is 5.56 Å². The van der Waals surface area contributed by atoms with Gasteiger partial charge in [0.05, 0.1) is 37.8 Å². The molecule has 1 aromatic carbocycles. The van der Waals surface area contributed by atoms with Gasteiger partial charge in [0.1, 0.15) is 18.5 Å². The number of rotatable bonds is 1. The Morgan fingerprint density at radius 2 is 1.68 bits per heavy atom. The zero-order chi connectivity index (χ0) is 12.9. The first-order chi connectivity index (χ1) is 9.32. The van der Waals surface area contributed by atoms with Crippen LogP contribution in [0.25, 0.3) is 0 Å². The van der Waals surface area contributed by atoms with Crippen LogP contribution in [-0.2, 0) is 5.41 Å². The van der Waals surface area contributed by atoms with Crippen LogP contribution in [-0.4, -0.2) is 45.0 Å². The van der Waals surface area contributed by atoms with Gasteiger partial charge in [0.15, 0.2) is 0 Å². The minimum Gasteiger partial charge on any atom is -0.328 e. The molecule has 4 heteroatoms. The molecular weight excluding hydrogens is 236 g/mol. The molecule has 0 saturated carbocycles. The van der Waals surface area contributed by atoms with Crippen molar-refractivity contribution in [2.24, 2.45) is 16.9 Å². The fraction of sp³-hybridized carbons (Fsp3) is 0.533. The number of hydrogen-bond donors (Lipinski definition) is 3. The van der Waals surface area contributed by atoms with Gasteiger partial charge >= 0.3 is 0 Å². The van der Waals surface area contributed by atoms with Crippen LogP contribution < -0.4 is 15.6 Å². The quantitative estimate of drug-likeness (QED) is 0.384. The summed E-state index contributed by atoms with van der Waals surface area (Å²) < 4.78 is 0. The molecule has 0 radical (unpaired) electrons. The molecule has 4 nitrogen and oxygen atoms in total. The number of nitrogens with one attached hydrogen (secondary N) is 2. The molecule has 0 spiro atoms. The molecule has 4 aliphatic heterocycles. The van der Waals surface area contributed by atoms with Gasteiger partial charge < -0.3 is 15.6 Å². The van der Waals surface area contributed by atoms with Gasteiger partial charge in [0.25, 0.3) is 0 Å². The molecule has 0 aliphatic carbocycles. The van der Waals surface area contributed by atoms with Crippen LogP contribution in [0.3, 0.4) is 0 Å². The number of hydrogen-bond acceptors (Lipinski definition) is 2. The van der Waals surface area contributed by atoms with Crippen LogP contribution >= 0.6 is 0 Å². The van der Waals surface area contributed by atoms with E-state index >= 15 is 0 Å². The number of hydrazone groups is 1. The highest BCUT2D eigenvalue weighted by Gasteiger charge is 2.58. The molecule has 4 bridgehead atoms. The summed E-state index contributed by atoms with van der Waals surface area (Å²) in [6.07, 6.45) is 0. The Morgan fingerprint density at radius 3 is 2.26 bits per heavy atom. The first kappa shape index (κ1) is 11.4. The van der Waals surface area contributed by atoms with Crippen molar-refractivity contribution in [3.63, 3.8) is 0 Å². The van der Waals surface area contributed by atoms with Gasteiger partial charge in [0.2, 0.25) is 0 Å². The van der Waals surface area contributed by atoms with Crippen molar-refractivity contribution in [1.29, 1.82) is 0 Å². The second-order valence-electron chi connectivity index (χ2n) is 6.42. The van der Waals surface area contributed by atoms with Crippen LogP contribution in [0.1, 0.15) is 5.56 Å². The summed E-state index contributed by atoms with van der Waals surface area (Å²) in [7, 11) is 0. The molecule has 1 aromatic rings. The summed E-state index contributed by atoms with van der Waals surface area (Å²) in [4.78, 5) is 3.49. The van der Waals surface area contributed by atoms with Crippen molar-refractivity contribution < 1.29 is 9.80 Å². The summed E-state index contributed by atoms with van der Waals surface area (Å²) >= 11 is 0. The Hall–Kier alpha value is -1.39. The van der Waals surface area contributed by atoms with Crippen molar-refractivity contribution >= 4 is 5.71 Å². The van der Waals surface area contributed by atoms with Crippen molar-refractivity contribution in [3.8, 4) is 0 Å². The van der Waals surface area contributed by atoms with Crippen LogP contribution in [0.5, 0.6) is 0 Å². The summed E-state index contributed by atoms with van der Waals surface area (Å²) in [5.41, 5.74) is 2.78. The van der Waals surface area contributed by atoms with Gasteiger partial charge in [-0.25, -0.2) is 0 Å². The van der Waals surface area contributed by atoms with Crippen molar-refractivity contribution in [2.45, 2.75) is 5.41 Å². The molecule has 2 unspecified atom stereocenters. The first-order valence-corrected chi connectivity index (χ1v) is 7.33. The second-order valence-corrected chi connectivity index (χ2v) is 6.42. The van der Waals surface area contributed by atoms with E-state index in [-0.39, 0.29) is 5.41 Å². The van der Waals surface area contributed by atoms with Gasteiger partial charge in [0, 0.05) is 0 Å². The van der Waals surface area contributed by atoms with E-state index < -0.39 is 0 Å². The lowest BCUT2D eigenvalue weighted by molar-refractivity contribution is -0.918. The van der Waals surface area contributed by atoms with E-state index in [0.717, 1.165) is 0 Å². The lowest BCUT2D eigenvalue weighted by atomic mass is 9.66. The fourth-order valence-corrected chi connectivity index (χ4v) is 4.67. The molecule has 4 heterocycles. The van der Waals surface area contributed by atoms with E-state index in [4.69, 9.17) is 5.84 Å². The topological polar surface area (TPSA) is 47.3 Å². The zero-order valence-corrected chi connectivity index (χ0v) is 11.2. The minimum absolute atomic E-state index is 0.0956. The standard InChI is InChI=1S/C15H20N4/c16-17-14-12-8-18-6-7-19(9-12)11-15(14,10-18)13-4-2-1-3-5-13/h1-5,12H,6-11,16H2/p+2/b17-14-. The highest BCUT2D eigenvalue weighted by atomic mass is 15.3. The van der Waals surface area contributed by atoms with E-state index in [0.29, 0.717) is 5.92 Å². The average Bonchev–Trinajstić information content (AvgIpc) is 2.68. The second kappa shape index (κ2) is 4.05. The van der Waals surface area contributed by atoms with Crippen molar-refractivity contribution in [3.05, 3.63) is 35.9 Å². The molecule has 4 aliphatic rings. The van der Waals surface area contributed by atoms with Crippen LogP contribution in [0.15, 0.2) is 35.4 Å². The molecular formula is C15H22N4+2. The monoisotopic (exact) mass is 258 g/mol. The van der Waals surface area contributed by atoms with Crippen LogP contribution in [0.4, 0.5) is 0 Å². The number of nitrogens with zero attached hydrogens (tertiary/aromatic N) is 1. The van der Waals surface area contributed by atoms with Crippen LogP contribution in [0.2, 0.25) is 0 Å². The largest absolute Gasteiger partial charge is 0.328 e. The highest BCUT2D eigenvalue weighted by molar-refractivity contribution is 5.98. The number of fused-ring (bicyclic) bond motifs is 1. The predicted molar refractivity (Wildman–Crippen MR) is 74.4 cm³/mol. The molecule has 4 fully saturated rings. The average molecular weight is 258 g/mol. The van der Waals surface area contributed by atoms with E-state index in [1.165, 1.54) is 50.5 Å². The maximum Gasteiger partial charge on any atom is 0.134 e. The third-order valence-electron chi connectivity index (χ3n) is 5.35. The fourth-order valence-electron chi connectivity index (χ4n) is 4.67. The first-order valence-electron chi connectivity index (χ1n) is 7.33. The third-order valence-corrected chi connectivity index (χ3v) is 5.35. The van der Waals surface area contributed by atoms with E-state index in [1.54, 1.807) is 9.80 Å². The third kappa shape index (κ3) is 1.56. The Balaban J connectivity index is 1.88. The van der Waals surface area contributed by atoms with Gasteiger partial charge in [-0.1, -0.05) is 30.3 Å². The maximum atomic E-state index is 5.80. The lowest BCUT2D eigenvalue weighted by Crippen LogP contribution is -3.17. The maximum absolute atomic E-state index is 5.80. The number of quaternary nitrogens is 2. The Bertz CT molecular complexity index is 494. The number of piperidine rings is 2. The highest BCUT2D eigenvalue weighted by Crippen LogP contribution is 2.31. The molecule has 4 N–H and O–H groups in total. The van der Waals surface area contributed by atoms with Gasteiger partial charge in [-0.2, -0.15) is 5.10 Å². The summed E-state index contributed by atoms with van der Waals surface area (Å²) in [5.74, 6) is 6.38. The summed E-state index contributed by atoms with van der Waals surface area (Å²) in [6.45, 7) is 7.42. The molecule has 0 amide bonds. The predicted octanol–water partition coefficient (Wildman–Crippen LogP) is -2.33. The number of nitrogens with two attached hydrogens (primary N) is 1. The minimum atomic E-state index is 0.0956. The SMILES string of the molecule is N/N=C1/C2C[NH+]3CC[NH+](C2)CC1(c1ccccc1)C3. The normalized spacial score (nSPS) is 42.5. The van der Waals surface area contributed by atoms with Crippen molar-refractivity contribution in [2.75, 3.05) is 39.3 Å². The summed E-state index contributed by atoms with van der Waals surface area (Å²) in [6, 6.07) is 10.9. The molecule has 2 atom stereocenters. The zero-order valence-electron chi connectivity index (χ0n) is 11.2. The Labute approximate surface area is 113 Å². The van der Waals surface area contributed by atoms with Crippen molar-refractivity contribution in [1.82, 2.24) is 0 Å². The molecule has 5 rings (SSSR count).